The molecule has 0 aliphatic heterocycles. The molecule has 13 heavy (non-hydrogen) atoms. The second kappa shape index (κ2) is 3.05. The molecular weight excluding hydrogens is 164 g/mol. The molecule has 2 heteroatoms. The first-order valence-electron chi connectivity index (χ1n) is 4.23. The van der Waals surface area contributed by atoms with Gasteiger partial charge in [-0.25, -0.2) is 0 Å². The number of carbonyl (C=O) groups excluding carboxylic acids is 1. The molecule has 0 saturated heterocycles. The van der Waals surface area contributed by atoms with E-state index in [0.29, 0.717) is 5.75 Å². The fraction of sp³-hybridized carbons (Fsp3) is 0.182. The van der Waals surface area contributed by atoms with Crippen LogP contribution in [0, 0.1) is 0 Å². The average molecular weight is 175 g/mol. The first-order chi connectivity index (χ1) is 6.25. The van der Waals surface area contributed by atoms with E-state index in [9.17, 15) is 4.79 Å². The topological polar surface area (TPSA) is 26.3 Å². The molecule has 0 heterocycles. The van der Waals surface area contributed by atoms with E-state index in [1.54, 1.807) is 0 Å². The van der Waals surface area contributed by atoms with Crippen LogP contribution in [0.2, 0.25) is 0 Å². The second-order valence-electron chi connectivity index (χ2n) is 3.06. The third kappa shape index (κ3) is 1.61. The normalized spacial score (nSPS) is 12.7. The van der Waals surface area contributed by atoms with Crippen molar-refractivity contribution in [3.8, 4) is 5.75 Å². The number of hydrogen-bond donors (Lipinski definition) is 0. The first kappa shape index (κ1) is 8.05. The van der Waals surface area contributed by atoms with Gasteiger partial charge in [-0.1, -0.05) is 18.2 Å². The molecule has 0 bridgehead atoms. The zero-order chi connectivity index (χ0) is 9.26. The highest BCUT2D eigenvalue weighted by Gasteiger charge is 2.06. The molecule has 2 rings (SSSR count). The Morgan fingerprint density at radius 2 is 2.38 bits per heavy atom. The Hall–Kier alpha value is -1.57. The summed E-state index contributed by atoms with van der Waals surface area (Å²) in [7, 11) is 0. The molecule has 0 atom stereocenters. The molecular formula is C11H11O2+. The van der Waals surface area contributed by atoms with Crippen LogP contribution in [0.5, 0.6) is 5.75 Å². The van der Waals surface area contributed by atoms with Crippen molar-refractivity contribution in [2.75, 3.05) is 0 Å². The molecule has 1 aliphatic rings. The van der Waals surface area contributed by atoms with Gasteiger partial charge in [0.15, 0.2) is 0 Å². The van der Waals surface area contributed by atoms with Crippen LogP contribution >= 0.6 is 0 Å². The van der Waals surface area contributed by atoms with Crippen molar-refractivity contribution >= 4 is 12.0 Å². The number of benzene rings is 1. The van der Waals surface area contributed by atoms with Gasteiger partial charge in [-0.2, -0.15) is 0 Å². The van der Waals surface area contributed by atoms with E-state index < -0.39 is 0 Å². The van der Waals surface area contributed by atoms with E-state index in [-0.39, 0.29) is 7.40 Å². The summed E-state index contributed by atoms with van der Waals surface area (Å²) in [5, 5.41) is 0. The zero-order valence-corrected chi connectivity index (χ0v) is 7.41. The van der Waals surface area contributed by atoms with Gasteiger partial charge in [-0.3, -0.25) is 4.79 Å². The summed E-state index contributed by atoms with van der Waals surface area (Å²) < 4.78 is 4.97. The summed E-state index contributed by atoms with van der Waals surface area (Å²) in [5.74, 6) is 0.362. The minimum absolute atomic E-state index is 0. The van der Waals surface area contributed by atoms with E-state index in [1.165, 1.54) is 18.1 Å². The minimum Gasteiger partial charge on any atom is -0.427 e. The van der Waals surface area contributed by atoms with Crippen molar-refractivity contribution in [1.82, 2.24) is 0 Å². The van der Waals surface area contributed by atoms with Gasteiger partial charge < -0.3 is 4.74 Å². The standard InChI is InChI=1S/C11H10O2/c1-8(12)13-11-6-5-9-3-2-4-10(9)7-11/h2-3,5-7H,4H2,1H3/p+1. The lowest BCUT2D eigenvalue weighted by Crippen LogP contribution is -2.01. The maximum absolute atomic E-state index is 10.7. The molecule has 0 spiro atoms. The van der Waals surface area contributed by atoms with Gasteiger partial charge in [0, 0.05) is 6.92 Å². The second-order valence-corrected chi connectivity index (χ2v) is 3.06. The molecule has 1 aromatic carbocycles. The Balaban J connectivity index is 0.000000980. The molecule has 0 fully saturated rings. The Kier molecular flexibility index (Phi) is 1.89. The maximum Gasteiger partial charge on any atom is 1.00 e. The van der Waals surface area contributed by atoms with E-state index in [2.05, 4.69) is 12.2 Å². The van der Waals surface area contributed by atoms with Gasteiger partial charge in [0.05, 0.1) is 0 Å². The summed E-state index contributed by atoms with van der Waals surface area (Å²) in [6.07, 6.45) is 5.11. The number of allylic oxidation sites excluding steroid dienone is 1. The number of hydrogen-bond acceptors (Lipinski definition) is 2. The van der Waals surface area contributed by atoms with Crippen LogP contribution in [0.3, 0.4) is 0 Å². The molecule has 0 N–H and O–H groups in total. The molecule has 0 aromatic heterocycles. The fourth-order valence-corrected chi connectivity index (χ4v) is 1.46. The van der Waals surface area contributed by atoms with Crippen LogP contribution in [-0.4, -0.2) is 5.97 Å². The smallest absolute Gasteiger partial charge is 0.427 e. The highest BCUT2D eigenvalue weighted by atomic mass is 16.5. The molecule has 1 aliphatic carbocycles. The number of carbonyl (C=O) groups is 1. The Labute approximate surface area is 78.3 Å². The van der Waals surface area contributed by atoms with Crippen LogP contribution in [0.4, 0.5) is 0 Å². The van der Waals surface area contributed by atoms with Gasteiger partial charge >= 0.3 is 7.40 Å². The van der Waals surface area contributed by atoms with Gasteiger partial charge in [0.2, 0.25) is 0 Å². The predicted octanol–water partition coefficient (Wildman–Crippen LogP) is 2.29. The first-order valence-corrected chi connectivity index (χ1v) is 4.23. The molecule has 66 valence electrons. The third-order valence-electron chi connectivity index (χ3n) is 2.01. The predicted molar refractivity (Wildman–Crippen MR) is 51.6 cm³/mol. The van der Waals surface area contributed by atoms with E-state index in [1.807, 2.05) is 18.2 Å². The lowest BCUT2D eigenvalue weighted by molar-refractivity contribution is -0.131. The quantitative estimate of drug-likeness (QED) is 0.483. The lowest BCUT2D eigenvalue weighted by atomic mass is 10.1. The van der Waals surface area contributed by atoms with Crippen molar-refractivity contribution in [3.05, 3.63) is 35.4 Å². The summed E-state index contributed by atoms with van der Waals surface area (Å²) in [4.78, 5) is 10.7. The maximum atomic E-state index is 10.7. The Morgan fingerprint density at radius 3 is 3.15 bits per heavy atom. The summed E-state index contributed by atoms with van der Waals surface area (Å²) in [5.41, 5.74) is 2.44. The number of rotatable bonds is 1. The van der Waals surface area contributed by atoms with Gasteiger partial charge in [0.25, 0.3) is 0 Å². The van der Waals surface area contributed by atoms with Crippen LogP contribution in [0.15, 0.2) is 24.3 Å². The summed E-state index contributed by atoms with van der Waals surface area (Å²) in [6.45, 7) is 1.41. The Bertz CT molecular complexity index is 383. The molecule has 0 amide bonds. The monoisotopic (exact) mass is 175 g/mol. The molecule has 1 aromatic rings. The van der Waals surface area contributed by atoms with Crippen LogP contribution in [0.1, 0.15) is 19.5 Å². The molecule has 0 unspecified atom stereocenters. The van der Waals surface area contributed by atoms with Gasteiger partial charge in [-0.15, -0.1) is 0 Å². The SMILES string of the molecule is CC(=O)Oc1ccc2c(c1)CC=C2.[H+]. The van der Waals surface area contributed by atoms with Crippen molar-refractivity contribution < 1.29 is 11.0 Å². The van der Waals surface area contributed by atoms with E-state index in [0.717, 1.165) is 6.42 Å². The highest BCUT2D eigenvalue weighted by molar-refractivity contribution is 5.70. The summed E-state index contributed by atoms with van der Waals surface area (Å²) >= 11 is 0. The molecule has 0 radical (unpaired) electrons. The van der Waals surface area contributed by atoms with Crippen molar-refractivity contribution in [3.63, 3.8) is 0 Å². The third-order valence-corrected chi connectivity index (χ3v) is 2.01. The number of ether oxygens (including phenoxy) is 1. The van der Waals surface area contributed by atoms with Crippen molar-refractivity contribution in [1.29, 1.82) is 0 Å². The van der Waals surface area contributed by atoms with Gasteiger partial charge in [0.1, 0.15) is 5.75 Å². The largest absolute Gasteiger partial charge is 1.00 e. The van der Waals surface area contributed by atoms with Crippen LogP contribution in [-0.2, 0) is 11.2 Å². The van der Waals surface area contributed by atoms with Gasteiger partial charge in [-0.05, 0) is 29.7 Å². The van der Waals surface area contributed by atoms with E-state index >= 15 is 0 Å². The Morgan fingerprint density at radius 1 is 1.54 bits per heavy atom. The summed E-state index contributed by atoms with van der Waals surface area (Å²) in [6, 6.07) is 5.70. The molecule has 2 nitrogen and oxygen atoms in total. The number of esters is 1. The van der Waals surface area contributed by atoms with Crippen molar-refractivity contribution in [2.45, 2.75) is 13.3 Å². The van der Waals surface area contributed by atoms with E-state index in [4.69, 9.17) is 4.74 Å². The average Bonchev–Trinajstić information content (AvgIpc) is 2.49. The molecule has 0 saturated carbocycles. The van der Waals surface area contributed by atoms with Crippen LogP contribution < -0.4 is 4.74 Å². The number of fused-ring (bicyclic) bond motifs is 1. The minimum atomic E-state index is -0.272. The lowest BCUT2D eigenvalue weighted by Gasteiger charge is -2.03. The van der Waals surface area contributed by atoms with Crippen LogP contribution in [0.25, 0.3) is 6.08 Å². The van der Waals surface area contributed by atoms with Crippen molar-refractivity contribution in [2.24, 2.45) is 0 Å². The fourth-order valence-electron chi connectivity index (χ4n) is 1.46. The zero-order valence-electron chi connectivity index (χ0n) is 8.41. The highest BCUT2D eigenvalue weighted by Crippen LogP contribution is 2.24.